The van der Waals surface area contributed by atoms with Crippen molar-refractivity contribution in [1.82, 2.24) is 9.88 Å². The fourth-order valence-corrected chi connectivity index (χ4v) is 3.71. The number of hydrogen-bond donors (Lipinski definition) is 2. The number of ketones is 1. The Morgan fingerprint density at radius 2 is 1.69 bits per heavy atom. The molecule has 0 spiro atoms. The first-order valence-electron chi connectivity index (χ1n) is 10.1. The lowest BCUT2D eigenvalue weighted by Crippen LogP contribution is -2.44. The molecule has 1 aromatic heterocycles. The van der Waals surface area contributed by atoms with E-state index in [4.69, 9.17) is 5.73 Å². The van der Waals surface area contributed by atoms with Gasteiger partial charge < -0.3 is 15.7 Å². The highest BCUT2D eigenvalue weighted by Gasteiger charge is 2.34. The van der Waals surface area contributed by atoms with E-state index in [0.717, 1.165) is 0 Å². The number of primary amides is 1. The third-order valence-corrected chi connectivity index (χ3v) is 5.41. The SMILES string of the molecule is NC(=O)c1ccc(C(=O)N2C/C(=C/c3ccccn3)C(=O)C(c3ccc(O)cc3)C2)cc1. The number of rotatable bonds is 4. The van der Waals surface area contributed by atoms with Crippen LogP contribution in [-0.4, -0.2) is 45.7 Å². The largest absolute Gasteiger partial charge is 0.508 e. The molecule has 0 saturated carbocycles. The smallest absolute Gasteiger partial charge is 0.254 e. The number of carbonyl (C=O) groups excluding carboxylic acids is 3. The molecule has 7 nitrogen and oxygen atoms in total. The first kappa shape index (κ1) is 21.0. The molecule has 0 bridgehead atoms. The number of amides is 2. The molecule has 3 aromatic rings. The van der Waals surface area contributed by atoms with E-state index in [1.165, 1.54) is 24.3 Å². The molecule has 4 rings (SSSR count). The van der Waals surface area contributed by atoms with Crippen LogP contribution < -0.4 is 5.73 Å². The van der Waals surface area contributed by atoms with Crippen LogP contribution in [-0.2, 0) is 4.79 Å². The van der Waals surface area contributed by atoms with Gasteiger partial charge in [0.2, 0.25) is 5.91 Å². The van der Waals surface area contributed by atoms with Gasteiger partial charge in [-0.1, -0.05) is 18.2 Å². The van der Waals surface area contributed by atoms with Gasteiger partial charge in [0.25, 0.3) is 5.91 Å². The predicted octanol–water partition coefficient (Wildman–Crippen LogP) is 2.78. The van der Waals surface area contributed by atoms with Crippen LogP contribution in [0.4, 0.5) is 0 Å². The van der Waals surface area contributed by atoms with Crippen molar-refractivity contribution in [2.24, 2.45) is 5.73 Å². The normalized spacial score (nSPS) is 17.4. The van der Waals surface area contributed by atoms with Crippen molar-refractivity contribution in [3.8, 4) is 5.75 Å². The Balaban J connectivity index is 1.69. The predicted molar refractivity (Wildman–Crippen MR) is 119 cm³/mol. The highest BCUT2D eigenvalue weighted by Crippen LogP contribution is 2.30. The first-order chi connectivity index (χ1) is 15.4. The number of piperidine rings is 1. The van der Waals surface area contributed by atoms with Crippen molar-refractivity contribution in [3.05, 3.63) is 101 Å². The van der Waals surface area contributed by atoms with Crippen LogP contribution >= 0.6 is 0 Å². The Hall–Kier alpha value is -4.26. The minimum atomic E-state index is -0.576. The van der Waals surface area contributed by atoms with Gasteiger partial charge >= 0.3 is 0 Å². The molecule has 0 radical (unpaired) electrons. The molecule has 1 atom stereocenters. The van der Waals surface area contributed by atoms with Crippen LogP contribution in [0.25, 0.3) is 6.08 Å². The van der Waals surface area contributed by atoms with Gasteiger partial charge in [0.05, 0.1) is 11.6 Å². The maximum Gasteiger partial charge on any atom is 0.254 e. The molecule has 160 valence electrons. The summed E-state index contributed by atoms with van der Waals surface area (Å²) in [5, 5.41) is 9.62. The number of phenolic OH excluding ortho intramolecular Hbond substituents is 1. The lowest BCUT2D eigenvalue weighted by atomic mass is 9.85. The number of carbonyl (C=O) groups is 3. The van der Waals surface area contributed by atoms with Gasteiger partial charge in [-0.15, -0.1) is 0 Å². The maximum absolute atomic E-state index is 13.3. The summed E-state index contributed by atoms with van der Waals surface area (Å²) in [6, 6.07) is 17.9. The minimum absolute atomic E-state index is 0.0885. The third-order valence-electron chi connectivity index (χ3n) is 5.41. The third kappa shape index (κ3) is 4.41. The van der Waals surface area contributed by atoms with E-state index in [2.05, 4.69) is 4.98 Å². The maximum atomic E-state index is 13.3. The van der Waals surface area contributed by atoms with E-state index in [-0.39, 0.29) is 30.5 Å². The van der Waals surface area contributed by atoms with Crippen LogP contribution in [0, 0.1) is 0 Å². The molecule has 1 unspecified atom stereocenters. The Morgan fingerprint density at radius 1 is 1.00 bits per heavy atom. The molecular weight excluding hydrogens is 406 g/mol. The highest BCUT2D eigenvalue weighted by molar-refractivity contribution is 6.07. The van der Waals surface area contributed by atoms with E-state index in [0.29, 0.717) is 28.0 Å². The monoisotopic (exact) mass is 427 g/mol. The number of benzene rings is 2. The van der Waals surface area contributed by atoms with E-state index in [1.807, 2.05) is 6.07 Å². The zero-order valence-corrected chi connectivity index (χ0v) is 17.1. The van der Waals surface area contributed by atoms with Crippen molar-refractivity contribution in [2.75, 3.05) is 13.1 Å². The number of nitrogens with zero attached hydrogens (tertiary/aromatic N) is 2. The van der Waals surface area contributed by atoms with Gasteiger partial charge in [0.15, 0.2) is 5.78 Å². The quantitative estimate of drug-likeness (QED) is 0.622. The molecule has 7 heteroatoms. The zero-order valence-electron chi connectivity index (χ0n) is 17.1. The van der Waals surface area contributed by atoms with Gasteiger partial charge in [-0.3, -0.25) is 19.4 Å². The lowest BCUT2D eigenvalue weighted by molar-refractivity contribution is -0.118. The molecule has 0 aliphatic carbocycles. The van der Waals surface area contributed by atoms with Gasteiger partial charge in [0.1, 0.15) is 5.75 Å². The fraction of sp³-hybridized carbons (Fsp3) is 0.120. The summed E-state index contributed by atoms with van der Waals surface area (Å²) in [4.78, 5) is 43.7. The van der Waals surface area contributed by atoms with Crippen molar-refractivity contribution in [1.29, 1.82) is 0 Å². The van der Waals surface area contributed by atoms with Gasteiger partial charge in [-0.05, 0) is 60.2 Å². The number of Topliss-reactive ketones (excluding diaryl/α,β-unsaturated/α-hetero) is 1. The number of pyridine rings is 1. The number of aromatic hydroxyl groups is 1. The second kappa shape index (κ2) is 8.85. The molecule has 3 N–H and O–H groups in total. The van der Waals surface area contributed by atoms with Crippen LogP contribution in [0.2, 0.25) is 0 Å². The second-order valence-electron chi connectivity index (χ2n) is 7.56. The zero-order chi connectivity index (χ0) is 22.7. The lowest BCUT2D eigenvalue weighted by Gasteiger charge is -2.34. The van der Waals surface area contributed by atoms with Crippen LogP contribution in [0.15, 0.2) is 78.5 Å². The summed E-state index contributed by atoms with van der Waals surface area (Å²) in [7, 11) is 0. The Labute approximate surface area is 184 Å². The van der Waals surface area contributed by atoms with Crippen molar-refractivity contribution in [2.45, 2.75) is 5.92 Å². The summed E-state index contributed by atoms with van der Waals surface area (Å²) in [6.07, 6.45) is 3.34. The molecule has 2 aromatic carbocycles. The summed E-state index contributed by atoms with van der Waals surface area (Å²) >= 11 is 0. The standard InChI is InChI=1S/C25H21N3O4/c26-24(31)17-4-6-18(7-5-17)25(32)28-14-19(13-20-3-1-2-12-27-20)23(30)22(15-28)16-8-10-21(29)11-9-16/h1-13,22,29H,14-15H2,(H2,26,31)/b19-13-. The Bertz CT molecular complexity index is 1190. The van der Waals surface area contributed by atoms with Crippen LogP contribution in [0.1, 0.15) is 37.9 Å². The average molecular weight is 427 g/mol. The van der Waals surface area contributed by atoms with Crippen LogP contribution in [0.5, 0.6) is 5.75 Å². The highest BCUT2D eigenvalue weighted by atomic mass is 16.3. The van der Waals surface area contributed by atoms with Crippen molar-refractivity contribution < 1.29 is 19.5 Å². The molecule has 1 aliphatic heterocycles. The second-order valence-corrected chi connectivity index (χ2v) is 7.56. The molecular formula is C25H21N3O4. The van der Waals surface area contributed by atoms with Crippen molar-refractivity contribution >= 4 is 23.7 Å². The topological polar surface area (TPSA) is 114 Å². The average Bonchev–Trinajstić information content (AvgIpc) is 2.81. The number of hydrogen-bond acceptors (Lipinski definition) is 5. The van der Waals surface area contributed by atoms with E-state index < -0.39 is 11.8 Å². The minimum Gasteiger partial charge on any atom is -0.508 e. The summed E-state index contributed by atoms with van der Waals surface area (Å²) in [6.45, 7) is 0.333. The fourth-order valence-electron chi connectivity index (χ4n) is 3.71. The van der Waals surface area contributed by atoms with Gasteiger partial charge in [-0.2, -0.15) is 0 Å². The molecule has 32 heavy (non-hydrogen) atoms. The molecule has 2 amide bonds. The molecule has 1 saturated heterocycles. The number of aromatic nitrogens is 1. The Kier molecular flexibility index (Phi) is 5.81. The number of likely N-dealkylation sites (tertiary alicyclic amines) is 1. The Morgan fingerprint density at radius 3 is 2.31 bits per heavy atom. The summed E-state index contributed by atoms with van der Waals surface area (Å²) in [5.41, 5.74) is 7.79. The number of nitrogens with two attached hydrogens (primary N) is 1. The number of phenols is 1. The van der Waals surface area contributed by atoms with Crippen LogP contribution in [0.3, 0.4) is 0 Å². The van der Waals surface area contributed by atoms with Gasteiger partial charge in [0, 0.05) is 36.0 Å². The van der Waals surface area contributed by atoms with Crippen molar-refractivity contribution in [3.63, 3.8) is 0 Å². The molecule has 1 fully saturated rings. The van der Waals surface area contributed by atoms with E-state index in [9.17, 15) is 19.5 Å². The summed E-state index contributed by atoms with van der Waals surface area (Å²) < 4.78 is 0. The van der Waals surface area contributed by atoms with Gasteiger partial charge in [-0.25, -0.2) is 0 Å². The molecule has 2 heterocycles. The first-order valence-corrected chi connectivity index (χ1v) is 10.1. The summed E-state index contributed by atoms with van der Waals surface area (Å²) in [5.74, 6) is -1.39. The van der Waals surface area contributed by atoms with E-state index >= 15 is 0 Å². The van der Waals surface area contributed by atoms with E-state index in [1.54, 1.807) is 53.6 Å². The molecule has 1 aliphatic rings.